The highest BCUT2D eigenvalue weighted by atomic mass is 32.1. The first-order valence-electron chi connectivity index (χ1n) is 4.44. The van der Waals surface area contributed by atoms with E-state index in [1.165, 1.54) is 0 Å². The molecule has 0 aliphatic rings. The Labute approximate surface area is 97.5 Å². The third-order valence-corrected chi connectivity index (χ3v) is 4.71. The summed E-state index contributed by atoms with van der Waals surface area (Å²) in [5.74, 6) is -1.27. The molecule has 0 saturated carbocycles. The molecule has 0 spiro atoms. The molecule has 0 aromatic carbocycles. The summed E-state index contributed by atoms with van der Waals surface area (Å²) in [7, 11) is -7.78. The highest BCUT2D eigenvalue weighted by molar-refractivity contribution is 8.20. The van der Waals surface area contributed by atoms with Gasteiger partial charge in [-0.3, -0.25) is 9.32 Å². The molecule has 0 bridgehead atoms. The van der Waals surface area contributed by atoms with Crippen molar-refractivity contribution in [1.82, 2.24) is 0 Å². The molecule has 0 aromatic heterocycles. The van der Waals surface area contributed by atoms with Crippen molar-refractivity contribution in [3.63, 3.8) is 0 Å². The van der Waals surface area contributed by atoms with Crippen LogP contribution in [0.3, 0.4) is 0 Å². The molecule has 0 rings (SSSR count). The van der Waals surface area contributed by atoms with Crippen LogP contribution in [0.1, 0.15) is 19.8 Å². The van der Waals surface area contributed by atoms with Crippen molar-refractivity contribution in [2.45, 2.75) is 19.8 Å². The molecule has 9 nitrogen and oxygen atoms in total. The maximum Gasteiger partial charge on any atom is 0.635 e. The third-order valence-electron chi connectivity index (χ3n) is 1.73. The van der Waals surface area contributed by atoms with Gasteiger partial charge in [-0.2, -0.15) is 4.89 Å². The molecule has 3 N–H and O–H groups in total. The van der Waals surface area contributed by atoms with Gasteiger partial charge in [0.15, 0.2) is 0 Å². The fraction of sp³-hybridized carbons (Fsp3) is 0.833. The minimum Gasteiger partial charge on any atom is -0.481 e. The molecule has 0 aliphatic carbocycles. The quantitative estimate of drug-likeness (QED) is 0.329. The highest BCUT2D eigenvalue weighted by Crippen LogP contribution is 2.68. The summed E-state index contributed by atoms with van der Waals surface area (Å²) < 4.78 is 30.1. The van der Waals surface area contributed by atoms with Crippen molar-refractivity contribution in [3.05, 3.63) is 0 Å². The minimum absolute atomic E-state index is 0.115. The molecule has 17 heavy (non-hydrogen) atoms. The van der Waals surface area contributed by atoms with E-state index in [0.717, 1.165) is 0 Å². The van der Waals surface area contributed by atoms with Gasteiger partial charge in [-0.15, -0.1) is 0 Å². The maximum atomic E-state index is 11.3. The predicted octanol–water partition coefficient (Wildman–Crippen LogP) is 1.77. The van der Waals surface area contributed by atoms with Gasteiger partial charge in [0.1, 0.15) is 0 Å². The molecule has 3 unspecified atom stereocenters. The van der Waals surface area contributed by atoms with Gasteiger partial charge in [0.25, 0.3) is 0 Å². The minimum atomic E-state index is -4.44. The van der Waals surface area contributed by atoms with Crippen molar-refractivity contribution in [2.75, 3.05) is 6.61 Å². The number of carbonyl (C=O) groups is 1. The number of carboxylic acids is 1. The van der Waals surface area contributed by atoms with E-state index in [-0.39, 0.29) is 25.4 Å². The van der Waals surface area contributed by atoms with Gasteiger partial charge in [-0.05, 0) is 16.9 Å². The van der Waals surface area contributed by atoms with Crippen molar-refractivity contribution in [3.8, 4) is 0 Å². The maximum absolute atomic E-state index is 11.3. The van der Waals surface area contributed by atoms with Gasteiger partial charge in [-0.1, -0.05) is 16.6 Å². The number of aliphatic carboxylic acids is 1. The Morgan fingerprint density at radius 3 is 2.53 bits per heavy atom. The van der Waals surface area contributed by atoms with Gasteiger partial charge in [0.2, 0.25) is 0 Å². The Kier molecular flexibility index (Phi) is 7.65. The van der Waals surface area contributed by atoms with Gasteiger partial charge in [0, 0.05) is 6.42 Å². The molecule has 0 aromatic rings. The Morgan fingerprint density at radius 1 is 1.53 bits per heavy atom. The standard InChI is InChI=1S/C6H12O9P2/c1-5(4-6(7)8)2-3-13-17(12,15-14-9)16(10)11/h5H,2-4H2,1H3,(H2-,7,8,9,10,11)/p+1. The Balaban J connectivity index is 4.11. The van der Waals surface area contributed by atoms with E-state index in [1.54, 1.807) is 6.92 Å². The second-order valence-corrected chi connectivity index (χ2v) is 7.54. The predicted molar refractivity (Wildman–Crippen MR) is 54.2 cm³/mol. The topological polar surface area (TPSA) is 140 Å². The molecular formula is C6H13O9P2+. The van der Waals surface area contributed by atoms with Crippen molar-refractivity contribution in [2.24, 2.45) is 5.92 Å². The summed E-state index contributed by atoms with van der Waals surface area (Å²) in [6.07, 6.45) is 0.0739. The average molecular weight is 291 g/mol. The summed E-state index contributed by atoms with van der Waals surface area (Å²) in [5.41, 5.74) is 0. The molecular weight excluding hydrogens is 278 g/mol. The zero-order valence-electron chi connectivity index (χ0n) is 8.88. The monoisotopic (exact) mass is 291 g/mol. The van der Waals surface area contributed by atoms with Crippen molar-refractivity contribution < 1.29 is 43.4 Å². The van der Waals surface area contributed by atoms with Crippen LogP contribution in [0.5, 0.6) is 0 Å². The Hall–Kier alpha value is -0.400. The zero-order chi connectivity index (χ0) is 13.5. The summed E-state index contributed by atoms with van der Waals surface area (Å²) >= 11 is 0. The van der Waals surface area contributed by atoms with Crippen LogP contribution in [0, 0.1) is 5.92 Å². The molecule has 3 atom stereocenters. The van der Waals surface area contributed by atoms with Crippen molar-refractivity contribution in [1.29, 1.82) is 0 Å². The van der Waals surface area contributed by atoms with Crippen LogP contribution < -0.4 is 0 Å². The fourth-order valence-electron chi connectivity index (χ4n) is 0.911. The second kappa shape index (κ2) is 7.84. The number of hydrogen-bond acceptors (Lipinski definition) is 7. The van der Waals surface area contributed by atoms with Crippen LogP contribution in [0.2, 0.25) is 0 Å². The molecule has 0 heterocycles. The zero-order valence-corrected chi connectivity index (χ0v) is 10.7. The van der Waals surface area contributed by atoms with Gasteiger partial charge < -0.3 is 5.11 Å². The Bertz CT molecular complexity index is 317. The fourth-order valence-corrected chi connectivity index (χ4v) is 2.33. The molecule has 0 saturated heterocycles. The van der Waals surface area contributed by atoms with E-state index in [4.69, 9.17) is 15.3 Å². The smallest absolute Gasteiger partial charge is 0.481 e. The lowest BCUT2D eigenvalue weighted by Crippen LogP contribution is -2.07. The van der Waals surface area contributed by atoms with Crippen molar-refractivity contribution >= 4 is 21.0 Å². The lowest BCUT2D eigenvalue weighted by atomic mass is 10.1. The van der Waals surface area contributed by atoms with Gasteiger partial charge in [-0.25, -0.2) is 9.82 Å². The summed E-state index contributed by atoms with van der Waals surface area (Å²) in [5, 5.41) is 19.4. The summed E-state index contributed by atoms with van der Waals surface area (Å²) in [4.78, 5) is 18.9. The van der Waals surface area contributed by atoms with Crippen LogP contribution in [0.4, 0.5) is 0 Å². The molecule has 0 amide bonds. The van der Waals surface area contributed by atoms with E-state index in [2.05, 4.69) is 14.2 Å². The lowest BCUT2D eigenvalue weighted by Gasteiger charge is -2.08. The number of rotatable bonds is 9. The van der Waals surface area contributed by atoms with Crippen LogP contribution in [-0.2, 0) is 28.2 Å². The highest BCUT2D eigenvalue weighted by Gasteiger charge is 2.51. The first-order valence-corrected chi connectivity index (χ1v) is 7.90. The average Bonchev–Trinajstić information content (AvgIpc) is 2.16. The number of hydrogen-bond donors (Lipinski definition) is 3. The molecule has 100 valence electrons. The van der Waals surface area contributed by atoms with Crippen LogP contribution in [-0.4, -0.2) is 27.8 Å². The molecule has 11 heteroatoms. The Morgan fingerprint density at radius 2 is 2.12 bits per heavy atom. The third kappa shape index (κ3) is 6.80. The number of carboxylic acid groups (broad SMARTS) is 1. The van der Waals surface area contributed by atoms with Crippen LogP contribution in [0.25, 0.3) is 0 Å². The van der Waals surface area contributed by atoms with E-state index >= 15 is 0 Å². The van der Waals surface area contributed by atoms with E-state index < -0.39 is 21.0 Å². The molecule has 0 aliphatic heterocycles. The SMILES string of the molecule is CC(CCOP(=O)(OOO)[P+](=O)O)CC(=O)O. The largest absolute Gasteiger partial charge is 0.635 e. The van der Waals surface area contributed by atoms with Crippen LogP contribution >= 0.6 is 15.0 Å². The molecule has 0 fully saturated rings. The van der Waals surface area contributed by atoms with E-state index in [0.29, 0.717) is 0 Å². The molecule has 0 radical (unpaired) electrons. The van der Waals surface area contributed by atoms with Crippen LogP contribution in [0.15, 0.2) is 0 Å². The van der Waals surface area contributed by atoms with Gasteiger partial charge in [0.05, 0.1) is 6.61 Å². The van der Waals surface area contributed by atoms with Gasteiger partial charge >= 0.3 is 21.0 Å². The normalized spacial score (nSPS) is 17.2. The lowest BCUT2D eigenvalue weighted by molar-refractivity contribution is -0.441. The first-order chi connectivity index (χ1) is 7.81. The van der Waals surface area contributed by atoms with E-state index in [9.17, 15) is 13.9 Å². The summed E-state index contributed by atoms with van der Waals surface area (Å²) in [6, 6.07) is 0. The summed E-state index contributed by atoms with van der Waals surface area (Å²) in [6.45, 7) is 1.35. The second-order valence-electron chi connectivity index (χ2n) is 3.20. The first kappa shape index (κ1) is 16.6. The van der Waals surface area contributed by atoms with E-state index in [1.807, 2.05) is 0 Å².